The molecule has 0 saturated heterocycles. The molecule has 0 radical (unpaired) electrons. The van der Waals surface area contributed by atoms with E-state index in [1.54, 1.807) is 23.0 Å². The zero-order chi connectivity index (χ0) is 16.4. The first kappa shape index (κ1) is 14.2. The van der Waals surface area contributed by atoms with Gasteiger partial charge < -0.3 is 4.42 Å². The summed E-state index contributed by atoms with van der Waals surface area (Å²) in [5, 5.41) is 5.22. The lowest BCUT2D eigenvalue weighted by molar-refractivity contribution is 0.102. The molecule has 0 unspecified atom stereocenters. The van der Waals surface area contributed by atoms with E-state index >= 15 is 0 Å². The summed E-state index contributed by atoms with van der Waals surface area (Å²) in [6, 6.07) is 19.1. The van der Waals surface area contributed by atoms with Crippen molar-refractivity contribution in [2.75, 3.05) is 0 Å². The molecule has 0 saturated carbocycles. The standard InChI is InChI=1S/C20H14N2O2/c23-18(20-12-16-6-4-5-9-19(16)24-20)11-10-15-13-21-22(14-15)17-7-2-1-3-8-17/h1-14H. The van der Waals surface area contributed by atoms with Crippen LogP contribution in [0.2, 0.25) is 0 Å². The molecule has 0 atom stereocenters. The summed E-state index contributed by atoms with van der Waals surface area (Å²) in [4.78, 5) is 12.3. The minimum atomic E-state index is -0.168. The van der Waals surface area contributed by atoms with E-state index in [1.807, 2.05) is 60.8 Å². The van der Waals surface area contributed by atoms with Gasteiger partial charge in [0.15, 0.2) is 5.76 Å². The number of rotatable bonds is 4. The van der Waals surface area contributed by atoms with Gasteiger partial charge in [0.2, 0.25) is 5.78 Å². The molecule has 0 aliphatic carbocycles. The van der Waals surface area contributed by atoms with Gasteiger partial charge in [-0.15, -0.1) is 0 Å². The van der Waals surface area contributed by atoms with Gasteiger partial charge >= 0.3 is 0 Å². The Morgan fingerprint density at radius 2 is 1.83 bits per heavy atom. The topological polar surface area (TPSA) is 48.0 Å². The molecule has 4 rings (SSSR count). The van der Waals surface area contributed by atoms with Crippen molar-refractivity contribution in [2.24, 2.45) is 0 Å². The summed E-state index contributed by atoms with van der Waals surface area (Å²) in [7, 11) is 0. The number of nitrogens with zero attached hydrogens (tertiary/aromatic N) is 2. The Bertz CT molecular complexity index is 993. The molecule has 4 nitrogen and oxygen atoms in total. The molecule has 0 fully saturated rings. The first-order valence-electron chi connectivity index (χ1n) is 7.61. The van der Waals surface area contributed by atoms with Crippen LogP contribution in [0.15, 0.2) is 83.6 Å². The van der Waals surface area contributed by atoms with Gasteiger partial charge in [-0.3, -0.25) is 4.79 Å². The third-order valence-electron chi connectivity index (χ3n) is 3.72. The molecule has 0 bridgehead atoms. The predicted molar refractivity (Wildman–Crippen MR) is 93.1 cm³/mol. The zero-order valence-electron chi connectivity index (χ0n) is 12.8. The molecule has 4 aromatic rings. The van der Waals surface area contributed by atoms with E-state index in [2.05, 4.69) is 5.10 Å². The summed E-state index contributed by atoms with van der Waals surface area (Å²) in [6.07, 6.45) is 6.83. The van der Waals surface area contributed by atoms with Gasteiger partial charge in [0, 0.05) is 17.1 Å². The number of hydrogen-bond donors (Lipinski definition) is 0. The van der Waals surface area contributed by atoms with E-state index in [0.717, 1.165) is 16.6 Å². The molecule has 116 valence electrons. The van der Waals surface area contributed by atoms with Crippen molar-refractivity contribution in [3.63, 3.8) is 0 Å². The van der Waals surface area contributed by atoms with Gasteiger partial charge in [-0.1, -0.05) is 36.4 Å². The molecule has 0 N–H and O–H groups in total. The number of furan rings is 1. The van der Waals surface area contributed by atoms with Crippen LogP contribution in [-0.2, 0) is 0 Å². The van der Waals surface area contributed by atoms with Crippen molar-refractivity contribution in [2.45, 2.75) is 0 Å². The Morgan fingerprint density at radius 1 is 1.04 bits per heavy atom. The molecule has 24 heavy (non-hydrogen) atoms. The van der Waals surface area contributed by atoms with Gasteiger partial charge in [0.25, 0.3) is 0 Å². The van der Waals surface area contributed by atoms with Crippen LogP contribution >= 0.6 is 0 Å². The smallest absolute Gasteiger partial charge is 0.221 e. The highest BCUT2D eigenvalue weighted by molar-refractivity contribution is 6.06. The maximum atomic E-state index is 12.3. The number of hydrogen-bond acceptors (Lipinski definition) is 3. The molecule has 2 aromatic heterocycles. The van der Waals surface area contributed by atoms with E-state index in [9.17, 15) is 4.79 Å². The number of carbonyl (C=O) groups is 1. The summed E-state index contributed by atoms with van der Waals surface area (Å²) in [6.45, 7) is 0. The van der Waals surface area contributed by atoms with Crippen LogP contribution in [0.25, 0.3) is 22.7 Å². The highest BCUT2D eigenvalue weighted by Gasteiger charge is 2.09. The van der Waals surface area contributed by atoms with Crippen LogP contribution in [0.3, 0.4) is 0 Å². The van der Waals surface area contributed by atoms with E-state index in [0.29, 0.717) is 11.3 Å². The van der Waals surface area contributed by atoms with E-state index in [-0.39, 0.29) is 5.78 Å². The Balaban J connectivity index is 1.54. The minimum Gasteiger partial charge on any atom is -0.453 e. The molecular weight excluding hydrogens is 300 g/mol. The molecule has 2 aromatic carbocycles. The summed E-state index contributed by atoms with van der Waals surface area (Å²) in [5.41, 5.74) is 2.54. The average Bonchev–Trinajstić information content (AvgIpc) is 3.27. The first-order chi connectivity index (χ1) is 11.8. The van der Waals surface area contributed by atoms with E-state index in [4.69, 9.17) is 4.42 Å². The fraction of sp³-hybridized carbons (Fsp3) is 0. The van der Waals surface area contributed by atoms with Crippen molar-refractivity contribution in [3.05, 3.63) is 90.5 Å². The van der Waals surface area contributed by atoms with Crippen molar-refractivity contribution >= 4 is 22.8 Å². The lowest BCUT2D eigenvalue weighted by atomic mass is 10.2. The molecule has 0 spiro atoms. The van der Waals surface area contributed by atoms with Crippen LogP contribution in [0.5, 0.6) is 0 Å². The number of aromatic nitrogens is 2. The second-order valence-electron chi connectivity index (χ2n) is 5.40. The van der Waals surface area contributed by atoms with Gasteiger partial charge in [0.05, 0.1) is 11.9 Å². The second kappa shape index (κ2) is 6.01. The number of allylic oxidation sites excluding steroid dienone is 1. The van der Waals surface area contributed by atoms with Crippen LogP contribution in [0.1, 0.15) is 16.1 Å². The number of para-hydroxylation sites is 2. The van der Waals surface area contributed by atoms with Crippen molar-refractivity contribution in [1.82, 2.24) is 9.78 Å². The SMILES string of the molecule is O=C(C=Cc1cnn(-c2ccccc2)c1)c1cc2ccccc2o1. The second-order valence-corrected chi connectivity index (χ2v) is 5.40. The highest BCUT2D eigenvalue weighted by Crippen LogP contribution is 2.19. The Kier molecular flexibility index (Phi) is 3.56. The van der Waals surface area contributed by atoms with E-state index < -0.39 is 0 Å². The highest BCUT2D eigenvalue weighted by atomic mass is 16.3. The van der Waals surface area contributed by atoms with Crippen molar-refractivity contribution < 1.29 is 9.21 Å². The summed E-state index contributed by atoms with van der Waals surface area (Å²) >= 11 is 0. The lowest BCUT2D eigenvalue weighted by Crippen LogP contribution is -1.92. The molecule has 0 amide bonds. The number of fused-ring (bicyclic) bond motifs is 1. The molecule has 4 heteroatoms. The van der Waals surface area contributed by atoms with Crippen LogP contribution < -0.4 is 0 Å². The molecule has 0 aliphatic heterocycles. The molecule has 0 aliphatic rings. The largest absolute Gasteiger partial charge is 0.453 e. The molecular formula is C20H14N2O2. The first-order valence-corrected chi connectivity index (χ1v) is 7.61. The van der Waals surface area contributed by atoms with Gasteiger partial charge in [-0.2, -0.15) is 5.10 Å². The van der Waals surface area contributed by atoms with Crippen molar-refractivity contribution in [1.29, 1.82) is 0 Å². The fourth-order valence-corrected chi connectivity index (χ4v) is 2.50. The zero-order valence-corrected chi connectivity index (χ0v) is 12.8. The third kappa shape index (κ3) is 2.77. The summed E-state index contributed by atoms with van der Waals surface area (Å²) in [5.74, 6) is 0.168. The quantitative estimate of drug-likeness (QED) is 0.411. The van der Waals surface area contributed by atoms with Gasteiger partial charge in [-0.05, 0) is 36.4 Å². The van der Waals surface area contributed by atoms with E-state index in [1.165, 1.54) is 6.08 Å². The number of carbonyl (C=O) groups excluding carboxylic acids is 1. The van der Waals surface area contributed by atoms with Crippen molar-refractivity contribution in [3.8, 4) is 5.69 Å². The Labute approximate surface area is 138 Å². The van der Waals surface area contributed by atoms with Crippen LogP contribution in [0, 0.1) is 0 Å². The third-order valence-corrected chi connectivity index (χ3v) is 3.72. The minimum absolute atomic E-state index is 0.168. The Morgan fingerprint density at radius 3 is 2.67 bits per heavy atom. The Hall–Kier alpha value is -3.40. The lowest BCUT2D eigenvalue weighted by Gasteiger charge is -1.98. The fourth-order valence-electron chi connectivity index (χ4n) is 2.50. The maximum Gasteiger partial charge on any atom is 0.221 e. The number of ketones is 1. The maximum absolute atomic E-state index is 12.3. The average molecular weight is 314 g/mol. The normalized spacial score (nSPS) is 11.3. The predicted octanol–water partition coefficient (Wildman–Crippen LogP) is 4.51. The van der Waals surface area contributed by atoms with Gasteiger partial charge in [0.1, 0.15) is 5.58 Å². The van der Waals surface area contributed by atoms with Crippen LogP contribution in [0.4, 0.5) is 0 Å². The molecule has 2 heterocycles. The van der Waals surface area contributed by atoms with Crippen LogP contribution in [-0.4, -0.2) is 15.6 Å². The monoisotopic (exact) mass is 314 g/mol. The van der Waals surface area contributed by atoms with Gasteiger partial charge in [-0.25, -0.2) is 4.68 Å². The number of benzene rings is 2. The summed E-state index contributed by atoms with van der Waals surface area (Å²) < 4.78 is 7.34.